The molecule has 78 valence electrons. The molecule has 0 bridgehead atoms. The molecule has 0 amide bonds. The summed E-state index contributed by atoms with van der Waals surface area (Å²) in [6.45, 7) is 5.77. The van der Waals surface area contributed by atoms with Gasteiger partial charge in [-0.15, -0.1) is 23.2 Å². The molecule has 4 heteroatoms. The molecule has 13 heavy (non-hydrogen) atoms. The highest BCUT2D eigenvalue weighted by Crippen LogP contribution is 2.06. The van der Waals surface area contributed by atoms with Gasteiger partial charge in [-0.2, -0.15) is 0 Å². The Kier molecular flexibility index (Phi) is 6.13. The maximum atomic E-state index is 5.64. The molecule has 0 atom stereocenters. The summed E-state index contributed by atoms with van der Waals surface area (Å²) in [5, 5.41) is 0. The summed E-state index contributed by atoms with van der Waals surface area (Å²) in [6, 6.07) is 0. The molecule has 0 aliphatic carbocycles. The Morgan fingerprint density at radius 2 is 1.31 bits per heavy atom. The summed E-state index contributed by atoms with van der Waals surface area (Å²) in [4.78, 5) is 4.91. The van der Waals surface area contributed by atoms with Crippen LogP contribution >= 0.6 is 23.2 Å². The maximum Gasteiger partial charge on any atom is 0.0507 e. The number of nitrogens with zero attached hydrogens (tertiary/aromatic N) is 2. The van der Waals surface area contributed by atoms with Gasteiger partial charge in [0, 0.05) is 37.9 Å². The third-order valence-corrected chi connectivity index (χ3v) is 2.88. The first kappa shape index (κ1) is 11.6. The fourth-order valence-corrected chi connectivity index (χ4v) is 1.88. The first-order valence-electron chi connectivity index (χ1n) is 4.93. The second kappa shape index (κ2) is 6.88. The van der Waals surface area contributed by atoms with Crippen LogP contribution in [0.25, 0.3) is 0 Å². The molecule has 0 aromatic rings. The van der Waals surface area contributed by atoms with E-state index < -0.39 is 0 Å². The molecule has 0 radical (unpaired) electrons. The van der Waals surface area contributed by atoms with Crippen LogP contribution < -0.4 is 0 Å². The second-order valence-electron chi connectivity index (χ2n) is 3.46. The van der Waals surface area contributed by atoms with E-state index in [9.17, 15) is 0 Å². The quantitative estimate of drug-likeness (QED) is 0.636. The summed E-state index contributed by atoms with van der Waals surface area (Å²) in [6.07, 6.45) is 2.20. The Hall–Kier alpha value is 0.500. The SMILES string of the molecule is ClCCCN1CCN(CCCCl)C1. The molecular weight excluding hydrogens is 207 g/mol. The zero-order valence-electron chi connectivity index (χ0n) is 8.01. The number of hydrogen-bond acceptors (Lipinski definition) is 2. The summed E-state index contributed by atoms with van der Waals surface area (Å²) in [5.41, 5.74) is 0. The number of hydrogen-bond donors (Lipinski definition) is 0. The van der Waals surface area contributed by atoms with Crippen LogP contribution in [0, 0.1) is 0 Å². The van der Waals surface area contributed by atoms with Crippen LogP contribution in [0.5, 0.6) is 0 Å². The van der Waals surface area contributed by atoms with Gasteiger partial charge in [0.05, 0.1) is 6.67 Å². The van der Waals surface area contributed by atoms with Crippen molar-refractivity contribution in [1.29, 1.82) is 0 Å². The third-order valence-electron chi connectivity index (χ3n) is 2.35. The molecule has 1 saturated heterocycles. The Labute approximate surface area is 90.8 Å². The Balaban J connectivity index is 2.05. The molecule has 0 saturated carbocycles. The summed E-state index contributed by atoms with van der Waals surface area (Å²) < 4.78 is 0. The second-order valence-corrected chi connectivity index (χ2v) is 4.22. The zero-order valence-corrected chi connectivity index (χ0v) is 9.53. The van der Waals surface area contributed by atoms with Crippen LogP contribution in [-0.4, -0.2) is 54.4 Å². The molecule has 0 N–H and O–H groups in total. The van der Waals surface area contributed by atoms with Gasteiger partial charge in [-0.1, -0.05) is 0 Å². The van der Waals surface area contributed by atoms with Crippen LogP contribution in [-0.2, 0) is 0 Å². The van der Waals surface area contributed by atoms with Crippen molar-refractivity contribution >= 4 is 23.2 Å². The van der Waals surface area contributed by atoms with E-state index in [1.807, 2.05) is 0 Å². The van der Waals surface area contributed by atoms with Gasteiger partial charge in [-0.05, 0) is 12.8 Å². The van der Waals surface area contributed by atoms with Crippen LogP contribution in [0.3, 0.4) is 0 Å². The molecule has 1 fully saturated rings. The van der Waals surface area contributed by atoms with Gasteiger partial charge in [0.1, 0.15) is 0 Å². The minimum Gasteiger partial charge on any atom is -0.289 e. The van der Waals surface area contributed by atoms with Crippen molar-refractivity contribution in [2.75, 3.05) is 44.6 Å². The fourth-order valence-electron chi connectivity index (χ4n) is 1.64. The molecule has 0 aromatic carbocycles. The van der Waals surface area contributed by atoms with Crippen molar-refractivity contribution in [2.45, 2.75) is 12.8 Å². The molecule has 1 aliphatic heterocycles. The van der Waals surface area contributed by atoms with Crippen molar-refractivity contribution in [3.63, 3.8) is 0 Å². The normalized spacial score (nSPS) is 19.8. The van der Waals surface area contributed by atoms with Crippen LogP contribution in [0.2, 0.25) is 0 Å². The van der Waals surface area contributed by atoms with E-state index in [1.165, 1.54) is 13.1 Å². The highest BCUT2D eigenvalue weighted by atomic mass is 35.5. The standard InChI is InChI=1S/C9H18Cl2N2/c10-3-1-5-12-7-8-13(9-12)6-2-4-11/h1-9H2. The fraction of sp³-hybridized carbons (Fsp3) is 1.00. The zero-order chi connectivity index (χ0) is 9.52. The van der Waals surface area contributed by atoms with Crippen molar-refractivity contribution in [1.82, 2.24) is 9.80 Å². The first-order valence-corrected chi connectivity index (χ1v) is 6.00. The highest BCUT2D eigenvalue weighted by molar-refractivity contribution is 6.18. The van der Waals surface area contributed by atoms with E-state index in [-0.39, 0.29) is 0 Å². The van der Waals surface area contributed by atoms with E-state index in [0.717, 1.165) is 44.4 Å². The van der Waals surface area contributed by atoms with Crippen molar-refractivity contribution < 1.29 is 0 Å². The van der Waals surface area contributed by atoms with Gasteiger partial charge in [-0.25, -0.2) is 0 Å². The highest BCUT2D eigenvalue weighted by Gasteiger charge is 2.17. The maximum absolute atomic E-state index is 5.64. The lowest BCUT2D eigenvalue weighted by molar-refractivity contribution is 0.247. The lowest BCUT2D eigenvalue weighted by Gasteiger charge is -2.16. The lowest BCUT2D eigenvalue weighted by Crippen LogP contribution is -2.27. The molecule has 0 aromatic heterocycles. The topological polar surface area (TPSA) is 6.48 Å². The number of rotatable bonds is 6. The minimum atomic E-state index is 0.776. The monoisotopic (exact) mass is 224 g/mol. The van der Waals surface area contributed by atoms with Gasteiger partial charge in [0.25, 0.3) is 0 Å². The van der Waals surface area contributed by atoms with Crippen LogP contribution in [0.15, 0.2) is 0 Å². The summed E-state index contributed by atoms with van der Waals surface area (Å²) in [5.74, 6) is 1.55. The Morgan fingerprint density at radius 1 is 0.846 bits per heavy atom. The van der Waals surface area contributed by atoms with Crippen molar-refractivity contribution in [3.8, 4) is 0 Å². The molecule has 2 nitrogen and oxygen atoms in total. The van der Waals surface area contributed by atoms with E-state index in [2.05, 4.69) is 9.80 Å². The molecule has 1 rings (SSSR count). The predicted octanol–water partition coefficient (Wildman–Crippen LogP) is 1.82. The first-order chi connectivity index (χ1) is 6.36. The number of alkyl halides is 2. The lowest BCUT2D eigenvalue weighted by atomic mass is 10.4. The molecular formula is C9H18Cl2N2. The molecule has 0 unspecified atom stereocenters. The molecule has 0 spiro atoms. The summed E-state index contributed by atoms with van der Waals surface area (Å²) in [7, 11) is 0. The van der Waals surface area contributed by atoms with E-state index >= 15 is 0 Å². The van der Waals surface area contributed by atoms with Crippen molar-refractivity contribution in [2.24, 2.45) is 0 Å². The van der Waals surface area contributed by atoms with Gasteiger partial charge in [0.2, 0.25) is 0 Å². The minimum absolute atomic E-state index is 0.776. The van der Waals surface area contributed by atoms with Crippen molar-refractivity contribution in [3.05, 3.63) is 0 Å². The molecule has 1 aliphatic rings. The Bertz CT molecular complexity index is 119. The van der Waals surface area contributed by atoms with Gasteiger partial charge in [0.15, 0.2) is 0 Å². The summed E-state index contributed by atoms with van der Waals surface area (Å²) >= 11 is 11.3. The average Bonchev–Trinajstić information content (AvgIpc) is 2.59. The van der Waals surface area contributed by atoms with Gasteiger partial charge in [-0.3, -0.25) is 9.80 Å². The smallest absolute Gasteiger partial charge is 0.0507 e. The van der Waals surface area contributed by atoms with Crippen LogP contribution in [0.4, 0.5) is 0 Å². The van der Waals surface area contributed by atoms with E-state index in [1.54, 1.807) is 0 Å². The van der Waals surface area contributed by atoms with Gasteiger partial charge < -0.3 is 0 Å². The van der Waals surface area contributed by atoms with Crippen LogP contribution in [0.1, 0.15) is 12.8 Å². The van der Waals surface area contributed by atoms with Gasteiger partial charge >= 0.3 is 0 Å². The largest absolute Gasteiger partial charge is 0.289 e. The average molecular weight is 225 g/mol. The third kappa shape index (κ3) is 4.50. The predicted molar refractivity (Wildman–Crippen MR) is 58.7 cm³/mol. The molecule has 1 heterocycles. The van der Waals surface area contributed by atoms with E-state index in [0.29, 0.717) is 0 Å². The number of halogens is 2. The van der Waals surface area contributed by atoms with E-state index in [4.69, 9.17) is 23.2 Å². The Morgan fingerprint density at radius 3 is 1.69 bits per heavy atom.